The largest absolute Gasteiger partial charge is 0.455 e. The lowest BCUT2D eigenvalue weighted by molar-refractivity contribution is -0.154. The molecule has 4 nitrogen and oxygen atoms in total. The molecule has 0 aromatic heterocycles. The first-order valence-electron chi connectivity index (χ1n) is 9.36. The number of hydrogen-bond donors (Lipinski definition) is 1. The first-order chi connectivity index (χ1) is 13.4. The number of nitrogens with one attached hydrogen (secondary N) is 1. The zero-order chi connectivity index (χ0) is 20.1. The van der Waals surface area contributed by atoms with Gasteiger partial charge in [0.25, 0.3) is 5.91 Å². The van der Waals surface area contributed by atoms with Gasteiger partial charge in [-0.3, -0.25) is 9.59 Å². The minimum absolute atomic E-state index is 0.131. The second kappa shape index (κ2) is 8.50. The lowest BCUT2D eigenvalue weighted by Crippen LogP contribution is -2.38. The second-order valence-electron chi connectivity index (χ2n) is 7.21. The molecule has 3 rings (SSSR count). The quantitative estimate of drug-likeness (QED) is 0.764. The van der Waals surface area contributed by atoms with Gasteiger partial charge in [-0.1, -0.05) is 43.2 Å². The molecule has 2 aromatic carbocycles. The van der Waals surface area contributed by atoms with Crippen LogP contribution >= 0.6 is 0 Å². The summed E-state index contributed by atoms with van der Waals surface area (Å²) >= 11 is 0. The van der Waals surface area contributed by atoms with Crippen molar-refractivity contribution in [3.8, 4) is 0 Å². The minimum atomic E-state index is -1.04. The van der Waals surface area contributed by atoms with Gasteiger partial charge in [0.15, 0.2) is 6.61 Å². The molecule has 1 amide bonds. The van der Waals surface area contributed by atoms with Gasteiger partial charge in [-0.05, 0) is 43.0 Å². The molecule has 1 aliphatic carbocycles. The van der Waals surface area contributed by atoms with E-state index in [-0.39, 0.29) is 12.4 Å². The van der Waals surface area contributed by atoms with Crippen LogP contribution in [0.1, 0.15) is 42.4 Å². The van der Waals surface area contributed by atoms with E-state index >= 15 is 0 Å². The summed E-state index contributed by atoms with van der Waals surface area (Å²) in [6, 6.07) is 10.9. The van der Waals surface area contributed by atoms with Gasteiger partial charge in [-0.25, -0.2) is 8.78 Å². The standard InChI is InChI=1S/C22H23F2NO3/c1-15-8-9-16(12-19(15)24)13-25-20(26)14-28-21(27)22(10-4-5-11-22)17-6-2-3-7-18(17)23/h2-3,6-9,12H,4-5,10-11,13-14H2,1H3,(H,25,26). The highest BCUT2D eigenvalue weighted by molar-refractivity contribution is 5.86. The van der Waals surface area contributed by atoms with Gasteiger partial charge in [0.2, 0.25) is 0 Å². The Kier molecular flexibility index (Phi) is 6.07. The number of esters is 1. The van der Waals surface area contributed by atoms with Gasteiger partial charge in [0.1, 0.15) is 11.6 Å². The van der Waals surface area contributed by atoms with Crippen LogP contribution in [0.3, 0.4) is 0 Å². The molecule has 0 radical (unpaired) electrons. The van der Waals surface area contributed by atoms with Gasteiger partial charge < -0.3 is 10.1 Å². The Morgan fingerprint density at radius 3 is 2.46 bits per heavy atom. The zero-order valence-corrected chi connectivity index (χ0v) is 15.8. The minimum Gasteiger partial charge on any atom is -0.455 e. The van der Waals surface area contributed by atoms with E-state index in [1.807, 2.05) is 0 Å². The van der Waals surface area contributed by atoms with E-state index in [1.165, 1.54) is 12.1 Å². The molecule has 0 atom stereocenters. The monoisotopic (exact) mass is 387 g/mol. The maximum atomic E-state index is 14.3. The van der Waals surface area contributed by atoms with Crippen molar-refractivity contribution in [2.24, 2.45) is 0 Å². The summed E-state index contributed by atoms with van der Waals surface area (Å²) in [5.41, 5.74) is 0.430. The highest BCUT2D eigenvalue weighted by Gasteiger charge is 2.45. The third-order valence-corrected chi connectivity index (χ3v) is 5.30. The molecule has 1 fully saturated rings. The predicted octanol–water partition coefficient (Wildman–Crippen LogP) is 3.94. The van der Waals surface area contributed by atoms with E-state index in [9.17, 15) is 18.4 Å². The lowest BCUT2D eigenvalue weighted by Gasteiger charge is -2.27. The first-order valence-corrected chi connectivity index (χ1v) is 9.36. The summed E-state index contributed by atoms with van der Waals surface area (Å²) in [4.78, 5) is 24.8. The predicted molar refractivity (Wildman–Crippen MR) is 100 cm³/mol. The van der Waals surface area contributed by atoms with Crippen molar-refractivity contribution < 1.29 is 23.1 Å². The van der Waals surface area contributed by atoms with Crippen LogP contribution in [0.5, 0.6) is 0 Å². The summed E-state index contributed by atoms with van der Waals surface area (Å²) in [7, 11) is 0. The average Bonchev–Trinajstić information content (AvgIpc) is 3.18. The summed E-state index contributed by atoms with van der Waals surface area (Å²) < 4.78 is 33.1. The molecule has 1 N–H and O–H groups in total. The first kappa shape index (κ1) is 20.0. The molecule has 0 aliphatic heterocycles. The number of halogens is 2. The topological polar surface area (TPSA) is 55.4 Å². The van der Waals surface area contributed by atoms with Crippen LogP contribution in [0.15, 0.2) is 42.5 Å². The van der Waals surface area contributed by atoms with Crippen LogP contribution in [-0.4, -0.2) is 18.5 Å². The number of hydrogen-bond acceptors (Lipinski definition) is 3. The van der Waals surface area contributed by atoms with Gasteiger partial charge in [-0.15, -0.1) is 0 Å². The van der Waals surface area contributed by atoms with Crippen LogP contribution in [0.2, 0.25) is 0 Å². The van der Waals surface area contributed by atoms with Crippen LogP contribution in [0, 0.1) is 18.6 Å². The molecule has 0 unspecified atom stereocenters. The number of ether oxygens (including phenoxy) is 1. The van der Waals surface area contributed by atoms with Gasteiger partial charge in [0, 0.05) is 12.1 Å². The highest BCUT2D eigenvalue weighted by Crippen LogP contribution is 2.43. The number of carbonyl (C=O) groups is 2. The van der Waals surface area contributed by atoms with Crippen molar-refractivity contribution in [3.05, 3.63) is 70.8 Å². The fraction of sp³-hybridized carbons (Fsp3) is 0.364. The molecule has 6 heteroatoms. The van der Waals surface area contributed by atoms with Crippen molar-refractivity contribution in [1.29, 1.82) is 0 Å². The summed E-state index contributed by atoms with van der Waals surface area (Å²) in [5.74, 6) is -1.85. The molecule has 1 saturated carbocycles. The van der Waals surface area contributed by atoms with Crippen LogP contribution in [0.4, 0.5) is 8.78 Å². The van der Waals surface area contributed by atoms with E-state index in [4.69, 9.17) is 4.74 Å². The van der Waals surface area contributed by atoms with Crippen molar-refractivity contribution >= 4 is 11.9 Å². The number of rotatable bonds is 6. The molecule has 0 saturated heterocycles. The van der Waals surface area contributed by atoms with Gasteiger partial charge in [-0.2, -0.15) is 0 Å². The maximum Gasteiger partial charge on any atom is 0.317 e. The third-order valence-electron chi connectivity index (χ3n) is 5.30. The van der Waals surface area contributed by atoms with E-state index < -0.39 is 29.7 Å². The fourth-order valence-electron chi connectivity index (χ4n) is 3.68. The fourth-order valence-corrected chi connectivity index (χ4v) is 3.68. The van der Waals surface area contributed by atoms with Crippen molar-refractivity contribution in [2.75, 3.05) is 6.61 Å². The molecule has 0 heterocycles. The Balaban J connectivity index is 1.59. The highest BCUT2D eigenvalue weighted by atomic mass is 19.1. The molecule has 0 bridgehead atoms. The van der Waals surface area contributed by atoms with Gasteiger partial charge in [0.05, 0.1) is 5.41 Å². The molecule has 2 aromatic rings. The van der Waals surface area contributed by atoms with Crippen molar-refractivity contribution in [1.82, 2.24) is 5.32 Å². The Morgan fingerprint density at radius 1 is 1.07 bits per heavy atom. The van der Waals surface area contributed by atoms with E-state index in [0.717, 1.165) is 12.8 Å². The summed E-state index contributed by atoms with van der Waals surface area (Å²) in [5, 5.41) is 2.60. The van der Waals surface area contributed by atoms with Crippen LogP contribution in [-0.2, 0) is 26.3 Å². The van der Waals surface area contributed by atoms with E-state index in [1.54, 1.807) is 37.3 Å². The normalized spacial score (nSPS) is 15.2. The Labute approximate surface area is 162 Å². The zero-order valence-electron chi connectivity index (χ0n) is 15.8. The Morgan fingerprint density at radius 2 is 1.79 bits per heavy atom. The molecule has 1 aliphatic rings. The number of carbonyl (C=O) groups excluding carboxylic acids is 2. The molecule has 0 spiro atoms. The smallest absolute Gasteiger partial charge is 0.317 e. The van der Waals surface area contributed by atoms with E-state index in [2.05, 4.69) is 5.32 Å². The van der Waals surface area contributed by atoms with Gasteiger partial charge >= 0.3 is 5.97 Å². The van der Waals surface area contributed by atoms with Crippen molar-refractivity contribution in [3.63, 3.8) is 0 Å². The van der Waals surface area contributed by atoms with Crippen LogP contribution in [0.25, 0.3) is 0 Å². The lowest BCUT2D eigenvalue weighted by atomic mass is 9.78. The SMILES string of the molecule is Cc1ccc(CNC(=O)COC(=O)C2(c3ccccc3F)CCCC2)cc1F. The van der Waals surface area contributed by atoms with Crippen LogP contribution < -0.4 is 5.32 Å². The number of amides is 1. The Bertz CT molecular complexity index is 876. The molecule has 28 heavy (non-hydrogen) atoms. The number of benzene rings is 2. The van der Waals surface area contributed by atoms with Crippen molar-refractivity contribution in [2.45, 2.75) is 44.6 Å². The van der Waals surface area contributed by atoms with E-state index in [0.29, 0.717) is 29.5 Å². The third kappa shape index (κ3) is 4.21. The summed E-state index contributed by atoms with van der Waals surface area (Å²) in [6.45, 7) is 1.33. The molecule has 148 valence electrons. The summed E-state index contributed by atoms with van der Waals surface area (Å²) in [6.07, 6.45) is 2.59. The second-order valence-corrected chi connectivity index (χ2v) is 7.21. The Hall–Kier alpha value is -2.76. The average molecular weight is 387 g/mol. The molecular formula is C22H23F2NO3. The number of aryl methyl sites for hydroxylation is 1. The maximum absolute atomic E-state index is 14.3. The molecular weight excluding hydrogens is 364 g/mol.